The van der Waals surface area contributed by atoms with Crippen LogP contribution in [0, 0.1) is 5.41 Å². The standard InChI is InChI=1S/C16H24N2OS/c1-11(12-6-8-13(20-3)9-7-12)18-15(19)16(2)10-4-5-14(16)17/h6-9,11,14H,4-5,10,17H2,1-3H3,(H,18,19). The number of nitrogens with two attached hydrogens (primary N) is 1. The van der Waals surface area contributed by atoms with Gasteiger partial charge in [0.25, 0.3) is 0 Å². The summed E-state index contributed by atoms with van der Waals surface area (Å²) in [5, 5.41) is 3.12. The van der Waals surface area contributed by atoms with Crippen LogP contribution in [0.15, 0.2) is 29.2 Å². The maximum absolute atomic E-state index is 12.5. The molecule has 110 valence electrons. The van der Waals surface area contributed by atoms with E-state index in [4.69, 9.17) is 5.73 Å². The van der Waals surface area contributed by atoms with Gasteiger partial charge in [0.05, 0.1) is 11.5 Å². The van der Waals surface area contributed by atoms with E-state index >= 15 is 0 Å². The van der Waals surface area contributed by atoms with Gasteiger partial charge in [-0.3, -0.25) is 4.79 Å². The van der Waals surface area contributed by atoms with Gasteiger partial charge < -0.3 is 11.1 Å². The number of nitrogens with one attached hydrogen (secondary N) is 1. The first-order chi connectivity index (χ1) is 9.47. The summed E-state index contributed by atoms with van der Waals surface area (Å²) in [6, 6.07) is 8.33. The average Bonchev–Trinajstić information content (AvgIpc) is 2.80. The first-order valence-electron chi connectivity index (χ1n) is 7.18. The third-order valence-corrected chi connectivity index (χ3v) is 5.26. The fraction of sp³-hybridized carbons (Fsp3) is 0.562. The Balaban J connectivity index is 2.03. The fourth-order valence-electron chi connectivity index (χ4n) is 2.81. The molecule has 0 bridgehead atoms. The third kappa shape index (κ3) is 3.01. The Bertz CT molecular complexity index is 474. The number of benzene rings is 1. The largest absolute Gasteiger partial charge is 0.349 e. The Morgan fingerprint density at radius 1 is 1.45 bits per heavy atom. The highest BCUT2D eigenvalue weighted by molar-refractivity contribution is 7.98. The summed E-state index contributed by atoms with van der Waals surface area (Å²) >= 11 is 1.72. The molecule has 20 heavy (non-hydrogen) atoms. The minimum absolute atomic E-state index is 0.0167. The van der Waals surface area contributed by atoms with Gasteiger partial charge >= 0.3 is 0 Å². The van der Waals surface area contributed by atoms with E-state index in [1.165, 1.54) is 4.90 Å². The SMILES string of the molecule is CSc1ccc(C(C)NC(=O)C2(C)CCCC2N)cc1. The zero-order valence-electron chi connectivity index (χ0n) is 12.5. The second kappa shape index (κ2) is 6.19. The predicted molar refractivity (Wildman–Crippen MR) is 84.7 cm³/mol. The molecule has 0 heterocycles. The molecule has 3 nitrogen and oxygen atoms in total. The quantitative estimate of drug-likeness (QED) is 0.838. The van der Waals surface area contributed by atoms with Crippen LogP contribution in [0.3, 0.4) is 0 Å². The van der Waals surface area contributed by atoms with Gasteiger partial charge in [0.1, 0.15) is 0 Å². The molecule has 0 spiro atoms. The molecular formula is C16H24N2OS. The van der Waals surface area contributed by atoms with Crippen LogP contribution in [0.2, 0.25) is 0 Å². The highest BCUT2D eigenvalue weighted by Crippen LogP contribution is 2.37. The van der Waals surface area contributed by atoms with Crippen LogP contribution < -0.4 is 11.1 Å². The van der Waals surface area contributed by atoms with Crippen molar-refractivity contribution in [3.8, 4) is 0 Å². The van der Waals surface area contributed by atoms with Crippen LogP contribution in [-0.4, -0.2) is 18.2 Å². The van der Waals surface area contributed by atoms with E-state index in [9.17, 15) is 4.79 Å². The lowest BCUT2D eigenvalue weighted by molar-refractivity contribution is -0.131. The molecule has 3 N–H and O–H groups in total. The van der Waals surface area contributed by atoms with Gasteiger partial charge in [-0.15, -0.1) is 11.8 Å². The molecule has 0 aromatic heterocycles. The van der Waals surface area contributed by atoms with E-state index in [0.717, 1.165) is 24.8 Å². The number of carbonyl (C=O) groups is 1. The van der Waals surface area contributed by atoms with E-state index in [2.05, 4.69) is 35.8 Å². The van der Waals surface area contributed by atoms with Gasteiger partial charge in [0.15, 0.2) is 0 Å². The molecule has 4 heteroatoms. The fourth-order valence-corrected chi connectivity index (χ4v) is 3.22. The van der Waals surface area contributed by atoms with Crippen LogP contribution in [-0.2, 0) is 4.79 Å². The number of carbonyl (C=O) groups excluding carboxylic acids is 1. The second-order valence-electron chi connectivity index (χ2n) is 5.88. The molecule has 1 amide bonds. The summed E-state index contributed by atoms with van der Waals surface area (Å²) in [6.45, 7) is 4.01. The van der Waals surface area contributed by atoms with Crippen LogP contribution >= 0.6 is 11.8 Å². The zero-order valence-corrected chi connectivity index (χ0v) is 13.3. The Labute approximate surface area is 125 Å². The molecule has 0 aliphatic heterocycles. The topological polar surface area (TPSA) is 55.1 Å². The molecular weight excluding hydrogens is 268 g/mol. The molecule has 1 fully saturated rings. The molecule has 1 aromatic rings. The molecule has 1 saturated carbocycles. The first-order valence-corrected chi connectivity index (χ1v) is 8.40. The van der Waals surface area contributed by atoms with Crippen molar-refractivity contribution < 1.29 is 4.79 Å². The van der Waals surface area contributed by atoms with Crippen molar-refractivity contribution in [3.63, 3.8) is 0 Å². The van der Waals surface area contributed by atoms with Gasteiger partial charge in [0, 0.05) is 10.9 Å². The molecule has 1 aliphatic rings. The van der Waals surface area contributed by atoms with Gasteiger partial charge in [-0.05, 0) is 50.6 Å². The Morgan fingerprint density at radius 2 is 2.10 bits per heavy atom. The summed E-state index contributed by atoms with van der Waals surface area (Å²) in [5.41, 5.74) is 6.82. The van der Waals surface area contributed by atoms with Crippen molar-refractivity contribution in [2.24, 2.45) is 11.1 Å². The summed E-state index contributed by atoms with van der Waals surface area (Å²) < 4.78 is 0. The number of amides is 1. The molecule has 1 aliphatic carbocycles. The average molecular weight is 292 g/mol. The number of thioether (sulfide) groups is 1. The predicted octanol–water partition coefficient (Wildman–Crippen LogP) is 3.10. The van der Waals surface area contributed by atoms with Crippen molar-refractivity contribution in [1.82, 2.24) is 5.32 Å². The molecule has 2 rings (SSSR count). The lowest BCUT2D eigenvalue weighted by Crippen LogP contribution is -2.47. The summed E-state index contributed by atoms with van der Waals surface area (Å²) in [5.74, 6) is 0.0870. The van der Waals surface area contributed by atoms with E-state index in [0.29, 0.717) is 0 Å². The molecule has 0 saturated heterocycles. The maximum Gasteiger partial charge on any atom is 0.227 e. The minimum atomic E-state index is -0.409. The van der Waals surface area contributed by atoms with Crippen molar-refractivity contribution in [2.45, 2.75) is 50.1 Å². The number of rotatable bonds is 4. The molecule has 0 radical (unpaired) electrons. The van der Waals surface area contributed by atoms with Crippen LogP contribution in [0.25, 0.3) is 0 Å². The summed E-state index contributed by atoms with van der Waals surface area (Å²) in [7, 11) is 0. The highest BCUT2D eigenvalue weighted by atomic mass is 32.2. The third-order valence-electron chi connectivity index (χ3n) is 4.51. The number of hydrogen-bond donors (Lipinski definition) is 2. The van der Waals surface area contributed by atoms with E-state index < -0.39 is 5.41 Å². The minimum Gasteiger partial charge on any atom is -0.349 e. The normalized spacial score (nSPS) is 27.3. The highest BCUT2D eigenvalue weighted by Gasteiger charge is 2.43. The van der Waals surface area contributed by atoms with Gasteiger partial charge in [-0.2, -0.15) is 0 Å². The first kappa shape index (κ1) is 15.4. The van der Waals surface area contributed by atoms with E-state index in [-0.39, 0.29) is 18.0 Å². The van der Waals surface area contributed by atoms with E-state index in [1.54, 1.807) is 11.8 Å². The monoisotopic (exact) mass is 292 g/mol. The zero-order chi connectivity index (χ0) is 14.8. The smallest absolute Gasteiger partial charge is 0.227 e. The molecule has 3 unspecified atom stereocenters. The lowest BCUT2D eigenvalue weighted by atomic mass is 9.84. The molecule has 1 aromatic carbocycles. The van der Waals surface area contributed by atoms with Crippen molar-refractivity contribution >= 4 is 17.7 Å². The molecule has 3 atom stereocenters. The Morgan fingerprint density at radius 3 is 2.60 bits per heavy atom. The van der Waals surface area contributed by atoms with Crippen LogP contribution in [0.1, 0.15) is 44.7 Å². The Hall–Kier alpha value is -1.00. The van der Waals surface area contributed by atoms with Gasteiger partial charge in [-0.1, -0.05) is 18.6 Å². The maximum atomic E-state index is 12.5. The van der Waals surface area contributed by atoms with Crippen molar-refractivity contribution in [1.29, 1.82) is 0 Å². The lowest BCUT2D eigenvalue weighted by Gasteiger charge is -2.29. The second-order valence-corrected chi connectivity index (χ2v) is 6.76. The van der Waals surface area contributed by atoms with Crippen LogP contribution in [0.4, 0.5) is 0 Å². The van der Waals surface area contributed by atoms with Gasteiger partial charge in [0.2, 0.25) is 5.91 Å². The van der Waals surface area contributed by atoms with Crippen molar-refractivity contribution in [3.05, 3.63) is 29.8 Å². The van der Waals surface area contributed by atoms with Gasteiger partial charge in [-0.25, -0.2) is 0 Å². The van der Waals surface area contributed by atoms with E-state index in [1.807, 2.05) is 13.8 Å². The Kier molecular flexibility index (Phi) is 4.76. The number of hydrogen-bond acceptors (Lipinski definition) is 3. The summed E-state index contributed by atoms with van der Waals surface area (Å²) in [6.07, 6.45) is 4.93. The summed E-state index contributed by atoms with van der Waals surface area (Å²) in [4.78, 5) is 13.7. The van der Waals surface area contributed by atoms with Crippen LogP contribution in [0.5, 0.6) is 0 Å². The van der Waals surface area contributed by atoms with Crippen molar-refractivity contribution in [2.75, 3.05) is 6.26 Å².